The van der Waals surface area contributed by atoms with Gasteiger partial charge < -0.3 is 34.4 Å². The van der Waals surface area contributed by atoms with Gasteiger partial charge in [0.05, 0.1) is 30.4 Å². The Balaban J connectivity index is 1.56. The summed E-state index contributed by atoms with van der Waals surface area (Å²) in [5.41, 5.74) is 7.05. The third-order valence-corrected chi connectivity index (χ3v) is 13.2. The van der Waals surface area contributed by atoms with Gasteiger partial charge in [-0.05, 0) is 142 Å². The maximum atomic E-state index is 13.4. The van der Waals surface area contributed by atoms with Gasteiger partial charge in [-0.3, -0.25) is 9.36 Å². The van der Waals surface area contributed by atoms with Crippen molar-refractivity contribution < 1.29 is 23.0 Å². The first-order valence-corrected chi connectivity index (χ1v) is 23.5. The van der Waals surface area contributed by atoms with Crippen molar-refractivity contribution in [2.24, 2.45) is 0 Å². The zero-order chi connectivity index (χ0) is 41.2. The second kappa shape index (κ2) is 24.0. The first kappa shape index (κ1) is 46.4. The van der Waals surface area contributed by atoms with E-state index in [0.29, 0.717) is 44.8 Å². The molecule has 2 heterocycles. The maximum absolute atomic E-state index is 13.4. The Labute approximate surface area is 344 Å². The number of nitrogens with zero attached hydrogens (tertiary/aromatic N) is 4. The van der Waals surface area contributed by atoms with Gasteiger partial charge in [0.2, 0.25) is 17.1 Å². The summed E-state index contributed by atoms with van der Waals surface area (Å²) in [6, 6.07) is 18.1. The van der Waals surface area contributed by atoms with Crippen molar-refractivity contribution in [1.29, 1.82) is 0 Å². The molecule has 3 aromatic rings. The minimum absolute atomic E-state index is 0.129. The van der Waals surface area contributed by atoms with Crippen LogP contribution in [0.1, 0.15) is 103 Å². The van der Waals surface area contributed by atoms with Crippen LogP contribution in [-0.2, 0) is 31.4 Å². The SMILES string of the molecule is CCOP(=O)(CCC[n+]1c(C=Cc2ccc3c(c2)CCCN3CCC(=O)NC(C)CCCN(C)C)cc(NC(C)CCCN(CC)CC)c2ccccc21)OCC. The molecule has 10 nitrogen and oxygen atoms in total. The third kappa shape index (κ3) is 14.8. The van der Waals surface area contributed by atoms with E-state index in [-0.39, 0.29) is 11.9 Å². The number of aryl methyl sites for hydroxylation is 2. The van der Waals surface area contributed by atoms with Crippen molar-refractivity contribution in [3.05, 3.63) is 65.4 Å². The van der Waals surface area contributed by atoms with Gasteiger partial charge in [0, 0.05) is 61.9 Å². The highest BCUT2D eigenvalue weighted by Crippen LogP contribution is 2.48. The van der Waals surface area contributed by atoms with Crippen LogP contribution in [0, 0.1) is 0 Å². The van der Waals surface area contributed by atoms with Gasteiger partial charge in [0.15, 0.2) is 0 Å². The molecule has 4 rings (SSSR count). The van der Waals surface area contributed by atoms with Crippen LogP contribution >= 0.6 is 7.60 Å². The Kier molecular flexibility index (Phi) is 19.5. The van der Waals surface area contributed by atoms with Crippen LogP contribution in [-0.4, -0.2) is 101 Å². The molecule has 1 amide bonds. The zero-order valence-corrected chi connectivity index (χ0v) is 37.4. The highest BCUT2D eigenvalue weighted by molar-refractivity contribution is 7.53. The maximum Gasteiger partial charge on any atom is 0.330 e. The van der Waals surface area contributed by atoms with E-state index in [0.717, 1.165) is 100 Å². The second-order valence-electron chi connectivity index (χ2n) is 15.9. The number of anilines is 2. The molecule has 1 aliphatic rings. The van der Waals surface area contributed by atoms with Gasteiger partial charge >= 0.3 is 7.60 Å². The first-order valence-electron chi connectivity index (χ1n) is 21.8. The molecular formula is C46H74N6O4P+. The molecule has 0 radical (unpaired) electrons. The first-order chi connectivity index (χ1) is 27.5. The zero-order valence-electron chi connectivity index (χ0n) is 36.5. The second-order valence-corrected chi connectivity index (χ2v) is 18.1. The molecule has 57 heavy (non-hydrogen) atoms. The molecule has 316 valence electrons. The lowest BCUT2D eigenvalue weighted by molar-refractivity contribution is -0.672. The highest BCUT2D eigenvalue weighted by atomic mass is 31.2. The molecule has 2 atom stereocenters. The molecule has 1 aliphatic heterocycles. The number of carbonyl (C=O) groups is 1. The molecule has 0 bridgehead atoms. The summed E-state index contributed by atoms with van der Waals surface area (Å²) in [7, 11) is 1.01. The average molecular weight is 806 g/mol. The van der Waals surface area contributed by atoms with Crippen LogP contribution in [0.25, 0.3) is 23.1 Å². The van der Waals surface area contributed by atoms with Gasteiger partial charge in [0.1, 0.15) is 6.54 Å². The van der Waals surface area contributed by atoms with E-state index < -0.39 is 7.60 Å². The number of aromatic nitrogens is 1. The summed E-state index contributed by atoms with van der Waals surface area (Å²) >= 11 is 0. The Morgan fingerprint density at radius 1 is 0.930 bits per heavy atom. The van der Waals surface area contributed by atoms with E-state index in [1.54, 1.807) is 0 Å². The summed E-state index contributed by atoms with van der Waals surface area (Å²) in [5, 5.41) is 8.26. The fourth-order valence-electron chi connectivity index (χ4n) is 7.95. The predicted octanol–water partition coefficient (Wildman–Crippen LogP) is 8.87. The van der Waals surface area contributed by atoms with E-state index in [1.807, 2.05) is 13.8 Å². The number of amides is 1. The molecule has 2 unspecified atom stereocenters. The minimum Gasteiger partial charge on any atom is -0.382 e. The lowest BCUT2D eigenvalue weighted by Crippen LogP contribution is -2.39. The average Bonchev–Trinajstić information content (AvgIpc) is 3.18. The minimum atomic E-state index is -3.16. The smallest absolute Gasteiger partial charge is 0.330 e. The van der Waals surface area contributed by atoms with E-state index in [1.165, 1.54) is 16.6 Å². The summed E-state index contributed by atoms with van der Waals surface area (Å²) in [6.45, 7) is 20.0. The molecule has 2 aromatic carbocycles. The van der Waals surface area contributed by atoms with E-state index in [4.69, 9.17) is 9.05 Å². The van der Waals surface area contributed by atoms with Crippen LogP contribution in [0.5, 0.6) is 0 Å². The fourth-order valence-corrected chi connectivity index (χ4v) is 9.60. The van der Waals surface area contributed by atoms with Crippen LogP contribution in [0.15, 0.2) is 48.5 Å². The van der Waals surface area contributed by atoms with Gasteiger partial charge in [0.25, 0.3) is 0 Å². The largest absolute Gasteiger partial charge is 0.382 e. The van der Waals surface area contributed by atoms with Crippen molar-refractivity contribution in [3.8, 4) is 0 Å². The van der Waals surface area contributed by atoms with Crippen molar-refractivity contribution in [2.75, 3.05) is 83.0 Å². The fraction of sp³-hybridized carbons (Fsp3) is 0.609. The van der Waals surface area contributed by atoms with Crippen LogP contribution < -0.4 is 20.1 Å². The number of hydrogen-bond donors (Lipinski definition) is 2. The number of hydrogen-bond acceptors (Lipinski definition) is 8. The van der Waals surface area contributed by atoms with E-state index in [9.17, 15) is 9.36 Å². The van der Waals surface area contributed by atoms with Gasteiger partial charge in [-0.15, -0.1) is 0 Å². The summed E-state index contributed by atoms with van der Waals surface area (Å²) in [6.07, 6.45) is 12.3. The van der Waals surface area contributed by atoms with Crippen LogP contribution in [0.3, 0.4) is 0 Å². The number of carbonyl (C=O) groups excluding carboxylic acids is 1. The number of para-hydroxylation sites is 1. The van der Waals surface area contributed by atoms with Gasteiger partial charge in [-0.25, -0.2) is 0 Å². The Morgan fingerprint density at radius 3 is 2.37 bits per heavy atom. The van der Waals surface area contributed by atoms with Crippen molar-refractivity contribution in [2.45, 2.75) is 112 Å². The normalized spacial score (nSPS) is 14.5. The predicted molar refractivity (Wildman–Crippen MR) is 241 cm³/mol. The highest BCUT2D eigenvalue weighted by Gasteiger charge is 2.26. The lowest BCUT2D eigenvalue weighted by Gasteiger charge is -2.31. The molecule has 11 heteroatoms. The molecule has 0 aliphatic carbocycles. The standard InChI is InChI=1S/C46H73N6O4P/c1-9-50(10-2)30-16-20-37(5)47-43-36-41(52(45-23-14-13-22-42(43)45)32-18-34-57(54,55-11-3)56-12-4)26-24-39-25-27-44-40(35-39)21-17-31-51(44)33-28-46(53)48-38(6)19-15-29-49(7)8/h13-14,22-27,35-38H,9-12,15-21,28-34H2,1-8H3,(H,48,53)/p+1. The summed E-state index contributed by atoms with van der Waals surface area (Å²) < 4.78 is 27.0. The molecular weight excluding hydrogens is 732 g/mol. The Morgan fingerprint density at radius 2 is 1.65 bits per heavy atom. The number of benzene rings is 2. The molecule has 0 fully saturated rings. The Bertz CT molecular complexity index is 1750. The molecule has 0 spiro atoms. The lowest BCUT2D eigenvalue weighted by atomic mass is 9.98. The molecule has 0 saturated heterocycles. The van der Waals surface area contributed by atoms with Crippen molar-refractivity contribution in [3.63, 3.8) is 0 Å². The molecule has 0 saturated carbocycles. The number of fused-ring (bicyclic) bond motifs is 2. The van der Waals surface area contributed by atoms with Crippen molar-refractivity contribution >= 4 is 47.9 Å². The van der Waals surface area contributed by atoms with Gasteiger partial charge in [-0.2, -0.15) is 4.57 Å². The van der Waals surface area contributed by atoms with E-state index >= 15 is 0 Å². The van der Waals surface area contributed by atoms with Gasteiger partial charge in [-0.1, -0.05) is 32.0 Å². The summed E-state index contributed by atoms with van der Waals surface area (Å²) in [5.74, 6) is 0.129. The number of pyridine rings is 1. The molecule has 2 N–H and O–H groups in total. The quantitative estimate of drug-likeness (QED) is 0.0615. The Hall–Kier alpha value is -3.27. The van der Waals surface area contributed by atoms with Crippen LogP contribution in [0.2, 0.25) is 0 Å². The number of nitrogens with one attached hydrogen (secondary N) is 2. The number of rotatable bonds is 26. The summed E-state index contributed by atoms with van der Waals surface area (Å²) in [4.78, 5) is 19.9. The van der Waals surface area contributed by atoms with E-state index in [2.05, 4.69) is 132 Å². The van der Waals surface area contributed by atoms with Crippen molar-refractivity contribution in [1.82, 2.24) is 15.1 Å². The molecule has 1 aromatic heterocycles. The monoisotopic (exact) mass is 806 g/mol. The van der Waals surface area contributed by atoms with Crippen LogP contribution in [0.4, 0.5) is 11.4 Å². The topological polar surface area (TPSA) is 90.3 Å². The third-order valence-electron chi connectivity index (χ3n) is 11.0.